The maximum atomic E-state index is 14.0. The van der Waals surface area contributed by atoms with Crippen molar-refractivity contribution in [3.05, 3.63) is 42.0 Å². The van der Waals surface area contributed by atoms with Crippen LogP contribution >= 0.6 is 0 Å². The Hall–Kier alpha value is -2.20. The Kier molecular flexibility index (Phi) is 4.09. The van der Waals surface area contributed by atoms with Gasteiger partial charge in [-0.25, -0.2) is 12.8 Å². The molecule has 2 aromatic rings. The largest absolute Gasteiger partial charge is 0.256 e. The molecule has 0 spiro atoms. The van der Waals surface area contributed by atoms with Crippen molar-refractivity contribution in [2.75, 3.05) is 0 Å². The molecule has 0 fully saturated rings. The van der Waals surface area contributed by atoms with Gasteiger partial charge in [-0.1, -0.05) is 12.1 Å². The third kappa shape index (κ3) is 2.95. The van der Waals surface area contributed by atoms with Gasteiger partial charge in [0, 0.05) is 11.1 Å². The summed E-state index contributed by atoms with van der Waals surface area (Å²) >= 11 is 0. The third-order valence-electron chi connectivity index (χ3n) is 3.04. The van der Waals surface area contributed by atoms with Crippen LogP contribution in [0, 0.1) is 17.1 Å². The predicted octanol–water partition coefficient (Wildman–Crippen LogP) is 2.34. The summed E-state index contributed by atoms with van der Waals surface area (Å²) in [5, 5.41) is 11.8. The van der Waals surface area contributed by atoms with E-state index in [1.807, 2.05) is 6.07 Å². The average molecular weight is 307 g/mol. The number of halogens is 1. The van der Waals surface area contributed by atoms with Crippen molar-refractivity contribution < 1.29 is 12.8 Å². The van der Waals surface area contributed by atoms with E-state index in [2.05, 4.69) is 5.10 Å². The fraction of sp³-hybridized carbons (Fsp3) is 0.286. The Morgan fingerprint density at radius 1 is 1.43 bits per heavy atom. The molecule has 0 saturated carbocycles. The predicted molar refractivity (Wildman–Crippen MR) is 76.4 cm³/mol. The molecule has 0 aliphatic heterocycles. The van der Waals surface area contributed by atoms with Crippen LogP contribution in [0.5, 0.6) is 0 Å². The van der Waals surface area contributed by atoms with Crippen molar-refractivity contribution in [2.24, 2.45) is 0 Å². The summed E-state index contributed by atoms with van der Waals surface area (Å²) in [6.45, 7) is 3.10. The summed E-state index contributed by atoms with van der Waals surface area (Å²) in [7, 11) is -3.55. The molecule has 110 valence electrons. The maximum absolute atomic E-state index is 14.0. The van der Waals surface area contributed by atoms with E-state index in [1.54, 1.807) is 19.9 Å². The van der Waals surface area contributed by atoms with E-state index in [0.717, 1.165) is 4.09 Å². The molecule has 0 aliphatic rings. The lowest BCUT2D eigenvalue weighted by atomic mass is 10.1. The lowest BCUT2D eigenvalue weighted by Crippen LogP contribution is -2.22. The minimum atomic E-state index is -3.55. The molecule has 2 rings (SSSR count). The molecule has 5 nitrogen and oxygen atoms in total. The van der Waals surface area contributed by atoms with Gasteiger partial charge in [-0.3, -0.25) is 0 Å². The number of aromatic nitrogens is 2. The molecule has 0 radical (unpaired) electrons. The number of benzene rings is 1. The van der Waals surface area contributed by atoms with Gasteiger partial charge >= 0.3 is 0 Å². The first-order valence-electron chi connectivity index (χ1n) is 6.31. The van der Waals surface area contributed by atoms with Crippen molar-refractivity contribution in [1.29, 1.82) is 5.26 Å². The molecule has 0 unspecified atom stereocenters. The van der Waals surface area contributed by atoms with Crippen molar-refractivity contribution in [1.82, 2.24) is 9.19 Å². The van der Waals surface area contributed by atoms with E-state index in [0.29, 0.717) is 11.1 Å². The monoisotopic (exact) mass is 307 g/mol. The maximum Gasteiger partial charge on any atom is 0.256 e. The van der Waals surface area contributed by atoms with E-state index in [4.69, 9.17) is 5.26 Å². The van der Waals surface area contributed by atoms with Crippen LogP contribution in [0.1, 0.15) is 19.4 Å². The number of nitriles is 1. The molecule has 0 N–H and O–H groups in total. The molecule has 7 heteroatoms. The van der Waals surface area contributed by atoms with Gasteiger partial charge in [0.05, 0.1) is 30.1 Å². The van der Waals surface area contributed by atoms with E-state index in [9.17, 15) is 12.8 Å². The molecule has 0 atom stereocenters. The zero-order chi connectivity index (χ0) is 15.6. The highest BCUT2D eigenvalue weighted by molar-refractivity contribution is 7.90. The normalized spacial score (nSPS) is 11.6. The highest BCUT2D eigenvalue weighted by Crippen LogP contribution is 2.24. The van der Waals surface area contributed by atoms with Gasteiger partial charge in [-0.05, 0) is 25.5 Å². The number of hydrogen-bond acceptors (Lipinski definition) is 4. The average Bonchev–Trinajstić information content (AvgIpc) is 2.89. The molecular formula is C14H14FN3O2S. The highest BCUT2D eigenvalue weighted by Gasteiger charge is 2.20. The van der Waals surface area contributed by atoms with Crippen molar-refractivity contribution >= 4 is 10.0 Å². The van der Waals surface area contributed by atoms with Gasteiger partial charge in [0.2, 0.25) is 0 Å². The van der Waals surface area contributed by atoms with Crippen LogP contribution in [0.25, 0.3) is 11.1 Å². The van der Waals surface area contributed by atoms with E-state index in [1.165, 1.54) is 24.5 Å². The topological polar surface area (TPSA) is 75.8 Å². The SMILES string of the molecule is CC(C)S(=O)(=O)n1cc(-c2ccc(CC#N)cc2F)cn1. The van der Waals surface area contributed by atoms with Gasteiger partial charge < -0.3 is 0 Å². The highest BCUT2D eigenvalue weighted by atomic mass is 32.2. The Morgan fingerprint density at radius 2 is 2.14 bits per heavy atom. The van der Waals surface area contributed by atoms with Crippen LogP contribution in [-0.2, 0) is 16.4 Å². The molecule has 21 heavy (non-hydrogen) atoms. The van der Waals surface area contributed by atoms with Crippen molar-refractivity contribution in [3.8, 4) is 17.2 Å². The Balaban J connectivity index is 2.41. The Bertz CT molecular complexity index is 804. The van der Waals surface area contributed by atoms with Crippen LogP contribution < -0.4 is 0 Å². The van der Waals surface area contributed by atoms with Gasteiger partial charge in [-0.2, -0.15) is 14.4 Å². The second-order valence-corrected chi connectivity index (χ2v) is 7.19. The third-order valence-corrected chi connectivity index (χ3v) is 4.96. The molecular weight excluding hydrogens is 293 g/mol. The van der Waals surface area contributed by atoms with E-state index in [-0.39, 0.29) is 12.0 Å². The van der Waals surface area contributed by atoms with Crippen LogP contribution in [0.4, 0.5) is 4.39 Å². The first-order valence-corrected chi connectivity index (χ1v) is 7.81. The first kappa shape index (κ1) is 15.2. The van der Waals surface area contributed by atoms with Crippen LogP contribution in [0.3, 0.4) is 0 Å². The summed E-state index contributed by atoms with van der Waals surface area (Å²) in [5.41, 5.74) is 1.20. The zero-order valence-electron chi connectivity index (χ0n) is 11.6. The standard InChI is InChI=1S/C14H14FN3O2S/c1-10(2)21(19,20)18-9-12(8-17-18)13-4-3-11(5-6-16)7-14(13)15/h3-4,7-10H,5H2,1-2H3. The molecule has 0 aliphatic carbocycles. The lowest BCUT2D eigenvalue weighted by molar-refractivity contribution is 0.571. The molecule has 0 amide bonds. The summed E-state index contributed by atoms with van der Waals surface area (Å²) in [4.78, 5) is 0. The number of rotatable bonds is 4. The molecule has 1 aromatic carbocycles. The zero-order valence-corrected chi connectivity index (χ0v) is 12.4. The minimum absolute atomic E-state index is 0.123. The second kappa shape index (κ2) is 5.66. The second-order valence-electron chi connectivity index (χ2n) is 4.84. The number of nitrogens with zero attached hydrogens (tertiary/aromatic N) is 3. The van der Waals surface area contributed by atoms with Crippen molar-refractivity contribution in [2.45, 2.75) is 25.5 Å². The minimum Gasteiger partial charge on any atom is -0.206 e. The smallest absolute Gasteiger partial charge is 0.206 e. The summed E-state index contributed by atoms with van der Waals surface area (Å²) in [5.74, 6) is -0.510. The van der Waals surface area contributed by atoms with Gasteiger partial charge in [0.1, 0.15) is 5.82 Å². The Labute approximate surface area is 122 Å². The van der Waals surface area contributed by atoms with Crippen LogP contribution in [-0.4, -0.2) is 22.9 Å². The number of hydrogen-bond donors (Lipinski definition) is 0. The molecule has 1 heterocycles. The Morgan fingerprint density at radius 3 is 2.71 bits per heavy atom. The fourth-order valence-corrected chi connectivity index (χ4v) is 2.66. The molecule has 0 bridgehead atoms. The molecule has 1 aromatic heterocycles. The van der Waals surface area contributed by atoms with E-state index >= 15 is 0 Å². The van der Waals surface area contributed by atoms with Gasteiger partial charge in [0.25, 0.3) is 10.0 Å². The van der Waals surface area contributed by atoms with Gasteiger partial charge in [0.15, 0.2) is 0 Å². The fourth-order valence-electron chi connectivity index (χ4n) is 1.79. The lowest BCUT2D eigenvalue weighted by Gasteiger charge is -2.06. The summed E-state index contributed by atoms with van der Waals surface area (Å²) in [6, 6.07) is 6.37. The van der Waals surface area contributed by atoms with Gasteiger partial charge in [-0.15, -0.1) is 0 Å². The van der Waals surface area contributed by atoms with E-state index < -0.39 is 21.1 Å². The summed E-state index contributed by atoms with van der Waals surface area (Å²) < 4.78 is 38.8. The van der Waals surface area contributed by atoms with Crippen molar-refractivity contribution in [3.63, 3.8) is 0 Å². The quantitative estimate of drug-likeness (QED) is 0.868. The molecule has 0 saturated heterocycles. The van der Waals surface area contributed by atoms with Crippen LogP contribution in [0.2, 0.25) is 0 Å². The van der Waals surface area contributed by atoms with Crippen LogP contribution in [0.15, 0.2) is 30.6 Å². The summed E-state index contributed by atoms with van der Waals surface area (Å²) in [6.07, 6.45) is 2.72. The first-order chi connectivity index (χ1) is 9.86.